The van der Waals surface area contributed by atoms with Gasteiger partial charge in [0.05, 0.1) is 22.7 Å². The summed E-state index contributed by atoms with van der Waals surface area (Å²) in [5.41, 5.74) is 13.6. The molecule has 4 bridgehead atoms. The van der Waals surface area contributed by atoms with Crippen molar-refractivity contribution in [3.05, 3.63) is 193 Å². The predicted molar refractivity (Wildman–Crippen MR) is 274 cm³/mol. The van der Waals surface area contributed by atoms with E-state index in [0.29, 0.717) is 0 Å². The first kappa shape index (κ1) is 37.9. The van der Waals surface area contributed by atoms with Crippen molar-refractivity contribution in [2.75, 3.05) is 9.80 Å². The molecule has 1 atom stereocenters. The van der Waals surface area contributed by atoms with E-state index in [1.807, 2.05) is 0 Å². The number of para-hydroxylation sites is 5. The second-order valence-corrected chi connectivity index (χ2v) is 18.9. The monoisotopic (exact) mass is 840 g/mol. The number of hydrogen-bond acceptors (Lipinski definition) is 4. The number of nitrogens with zero attached hydrogens (tertiary/aromatic N) is 2. The standard InChI is InChI=1S/C61H48N2O2/c1-6-60(3,4)48-24-12-20-42-44-22-14-26-52(58(44)64-56(42)48)62(40-17-9-8-10-18-40)50-34-30-37-29-33-47-51(35-31-38-28-32-46(50)54(37)55(38)47)63-41-19-11-16-39(36-41)61(5,7-2)49-25-13-21-43-45-23-15-27-53(63)59(45)65-57(43)49/h8-36H,6-7H2,1-5H3. The smallest absolute Gasteiger partial charge is 0.159 e. The summed E-state index contributed by atoms with van der Waals surface area (Å²) < 4.78 is 14.2. The van der Waals surface area contributed by atoms with Crippen molar-refractivity contribution in [2.24, 2.45) is 0 Å². The molecule has 0 amide bonds. The largest absolute Gasteiger partial charge is 0.454 e. The fraction of sp³-hybridized carbons (Fsp3) is 0.148. The Morgan fingerprint density at radius 2 is 1.14 bits per heavy atom. The Kier molecular flexibility index (Phi) is 8.01. The molecular weight excluding hydrogens is 793 g/mol. The molecular formula is C61H48N2O2. The molecule has 0 saturated carbocycles. The molecule has 0 N–H and O–H groups in total. The van der Waals surface area contributed by atoms with Gasteiger partial charge >= 0.3 is 0 Å². The minimum Gasteiger partial charge on any atom is -0.454 e. The van der Waals surface area contributed by atoms with Gasteiger partial charge in [0.1, 0.15) is 11.2 Å². The number of furan rings is 2. The van der Waals surface area contributed by atoms with Gasteiger partial charge in [-0.2, -0.15) is 0 Å². The molecule has 12 aromatic rings. The Morgan fingerprint density at radius 1 is 0.508 bits per heavy atom. The van der Waals surface area contributed by atoms with Crippen LogP contribution in [0.4, 0.5) is 34.1 Å². The van der Waals surface area contributed by atoms with Crippen LogP contribution in [0.15, 0.2) is 185 Å². The number of fused-ring (bicyclic) bond motifs is 6. The highest BCUT2D eigenvalue weighted by atomic mass is 16.3. The molecule has 0 fully saturated rings. The Balaban J connectivity index is 1.08. The van der Waals surface area contributed by atoms with Crippen LogP contribution in [-0.4, -0.2) is 0 Å². The summed E-state index contributed by atoms with van der Waals surface area (Å²) in [7, 11) is 0. The van der Waals surface area contributed by atoms with E-state index in [9.17, 15) is 0 Å². The normalized spacial score (nSPS) is 15.3. The van der Waals surface area contributed by atoms with Crippen LogP contribution in [0.5, 0.6) is 0 Å². The molecule has 4 nitrogen and oxygen atoms in total. The second kappa shape index (κ2) is 13.7. The molecule has 65 heavy (non-hydrogen) atoms. The van der Waals surface area contributed by atoms with E-state index in [1.165, 1.54) is 49.0 Å². The van der Waals surface area contributed by atoms with Gasteiger partial charge in [0, 0.05) is 60.2 Å². The van der Waals surface area contributed by atoms with E-state index in [4.69, 9.17) is 8.83 Å². The van der Waals surface area contributed by atoms with E-state index in [-0.39, 0.29) is 10.8 Å². The molecule has 0 aliphatic carbocycles. The first-order valence-electron chi connectivity index (χ1n) is 23.1. The third kappa shape index (κ3) is 5.25. The van der Waals surface area contributed by atoms with Crippen molar-refractivity contribution in [1.82, 2.24) is 0 Å². The molecule has 0 saturated heterocycles. The van der Waals surface area contributed by atoms with E-state index in [2.05, 4.69) is 220 Å². The van der Waals surface area contributed by atoms with Crippen LogP contribution in [-0.2, 0) is 10.8 Å². The van der Waals surface area contributed by atoms with Crippen LogP contribution in [0.25, 0.3) is 76.2 Å². The van der Waals surface area contributed by atoms with Gasteiger partial charge in [-0.15, -0.1) is 0 Å². The molecule has 0 spiro atoms. The van der Waals surface area contributed by atoms with Gasteiger partial charge in [0.2, 0.25) is 0 Å². The molecule has 1 aliphatic heterocycles. The summed E-state index contributed by atoms with van der Waals surface area (Å²) in [5.74, 6) is 0. The second-order valence-electron chi connectivity index (χ2n) is 18.9. The molecule has 13 rings (SSSR count). The lowest BCUT2D eigenvalue weighted by Crippen LogP contribution is -2.23. The maximum absolute atomic E-state index is 7.10. The summed E-state index contributed by atoms with van der Waals surface area (Å²) in [4.78, 5) is 4.84. The Bertz CT molecular complexity index is 3870. The number of rotatable bonds is 7. The van der Waals surface area contributed by atoms with Crippen molar-refractivity contribution in [3.63, 3.8) is 0 Å². The van der Waals surface area contributed by atoms with Crippen LogP contribution in [0.3, 0.4) is 0 Å². The maximum Gasteiger partial charge on any atom is 0.159 e. The van der Waals surface area contributed by atoms with Crippen molar-refractivity contribution in [3.8, 4) is 0 Å². The Hall–Kier alpha value is -7.56. The molecule has 3 heterocycles. The summed E-state index contributed by atoms with van der Waals surface area (Å²) in [5, 5.41) is 11.8. The van der Waals surface area contributed by atoms with Crippen LogP contribution in [0, 0.1) is 0 Å². The fourth-order valence-corrected chi connectivity index (χ4v) is 11.2. The summed E-state index contributed by atoms with van der Waals surface area (Å²) in [6.45, 7) is 11.5. The fourth-order valence-electron chi connectivity index (χ4n) is 11.2. The van der Waals surface area contributed by atoms with Crippen molar-refractivity contribution in [2.45, 2.75) is 58.3 Å². The van der Waals surface area contributed by atoms with E-state index in [1.54, 1.807) is 0 Å². The zero-order valence-electron chi connectivity index (χ0n) is 37.4. The lowest BCUT2D eigenvalue weighted by molar-refractivity contribution is 0.500. The van der Waals surface area contributed by atoms with Crippen LogP contribution < -0.4 is 9.80 Å². The maximum atomic E-state index is 7.10. The zero-order chi connectivity index (χ0) is 43.8. The highest BCUT2D eigenvalue weighted by molar-refractivity contribution is 6.29. The molecule has 2 aromatic heterocycles. The molecule has 1 unspecified atom stereocenters. The molecule has 314 valence electrons. The third-order valence-corrected chi connectivity index (χ3v) is 15.3. The highest BCUT2D eigenvalue weighted by Crippen LogP contribution is 2.52. The summed E-state index contributed by atoms with van der Waals surface area (Å²) in [6, 6.07) is 64.9. The van der Waals surface area contributed by atoms with Crippen molar-refractivity contribution in [1.29, 1.82) is 0 Å². The topological polar surface area (TPSA) is 32.8 Å². The lowest BCUT2D eigenvalue weighted by atomic mass is 9.73. The third-order valence-electron chi connectivity index (χ3n) is 15.3. The summed E-state index contributed by atoms with van der Waals surface area (Å²) in [6.07, 6.45) is 1.94. The zero-order valence-corrected chi connectivity index (χ0v) is 37.4. The molecule has 10 aromatic carbocycles. The van der Waals surface area contributed by atoms with Gasteiger partial charge in [-0.3, -0.25) is 0 Å². The van der Waals surface area contributed by atoms with Gasteiger partial charge in [-0.25, -0.2) is 0 Å². The predicted octanol–water partition coefficient (Wildman–Crippen LogP) is 18.0. The van der Waals surface area contributed by atoms with Crippen molar-refractivity contribution >= 4 is 110 Å². The first-order valence-corrected chi connectivity index (χ1v) is 23.1. The Labute approximate surface area is 378 Å². The van der Waals surface area contributed by atoms with E-state index < -0.39 is 0 Å². The van der Waals surface area contributed by atoms with Gasteiger partial charge < -0.3 is 18.6 Å². The molecule has 0 radical (unpaired) electrons. The number of hydrogen-bond donors (Lipinski definition) is 0. The van der Waals surface area contributed by atoms with Gasteiger partial charge in [-0.05, 0) is 93.9 Å². The van der Waals surface area contributed by atoms with Crippen LogP contribution in [0.2, 0.25) is 0 Å². The van der Waals surface area contributed by atoms with Gasteiger partial charge in [0.15, 0.2) is 11.2 Å². The van der Waals surface area contributed by atoms with E-state index >= 15 is 0 Å². The average Bonchev–Trinajstić information content (AvgIpc) is 3.94. The van der Waals surface area contributed by atoms with Gasteiger partial charge in [-0.1, -0.05) is 162 Å². The first-order chi connectivity index (χ1) is 31.8. The van der Waals surface area contributed by atoms with E-state index in [0.717, 1.165) is 90.8 Å². The lowest BCUT2D eigenvalue weighted by Gasteiger charge is -2.33. The average molecular weight is 841 g/mol. The van der Waals surface area contributed by atoms with Crippen LogP contribution in [0.1, 0.15) is 64.2 Å². The minimum absolute atomic E-state index is 0.0380. The Morgan fingerprint density at radius 3 is 1.92 bits per heavy atom. The van der Waals surface area contributed by atoms with Crippen molar-refractivity contribution < 1.29 is 8.83 Å². The quantitative estimate of drug-likeness (QED) is 0.150. The van der Waals surface area contributed by atoms with Gasteiger partial charge in [0.25, 0.3) is 0 Å². The molecule has 1 aliphatic rings. The van der Waals surface area contributed by atoms with Crippen LogP contribution >= 0.6 is 0 Å². The number of benzene rings is 10. The summed E-state index contributed by atoms with van der Waals surface area (Å²) >= 11 is 0. The minimum atomic E-state index is -0.253. The highest BCUT2D eigenvalue weighted by Gasteiger charge is 2.34. The number of anilines is 6. The molecule has 4 heteroatoms. The SMILES string of the molecule is CCC(C)(C)c1cccc2c1oc1c(N(c3ccccc3)c3ccc4ccc5c(N6c7cccc(c7)C(C)(CC)c7cccc8c7oc7c6cccc78)ccc6ccc3c4c65)cccc12.